The number of nitrogens with one attached hydrogen (secondary N) is 1. The molecule has 38 heavy (non-hydrogen) atoms. The van der Waals surface area contributed by atoms with Crippen LogP contribution in [0.25, 0.3) is 11.1 Å². The predicted octanol–water partition coefficient (Wildman–Crippen LogP) is 4.18. The van der Waals surface area contributed by atoms with Crippen LogP contribution in [0, 0.1) is 11.8 Å². The summed E-state index contributed by atoms with van der Waals surface area (Å²) >= 11 is 0. The zero-order valence-electron chi connectivity index (χ0n) is 22.2. The Bertz CT molecular complexity index is 1130. The topological polar surface area (TPSA) is 86.3 Å². The molecule has 2 aliphatic carbocycles. The van der Waals surface area contributed by atoms with Crippen molar-refractivity contribution >= 4 is 5.91 Å². The Balaban J connectivity index is 1.41. The third kappa shape index (κ3) is 6.29. The van der Waals surface area contributed by atoms with Crippen LogP contribution in [0.4, 0.5) is 0 Å². The molecule has 1 amide bonds. The van der Waals surface area contributed by atoms with E-state index in [1.807, 2.05) is 13.0 Å². The van der Waals surface area contributed by atoms with Gasteiger partial charge in [0.15, 0.2) is 5.76 Å². The molecular formula is C31H39NO6. The number of aliphatic hydroxyl groups is 1. The van der Waals surface area contributed by atoms with Crippen molar-refractivity contribution in [2.24, 2.45) is 11.8 Å². The minimum absolute atomic E-state index is 0.00525. The Morgan fingerprint density at radius 1 is 1.03 bits per heavy atom. The van der Waals surface area contributed by atoms with Crippen molar-refractivity contribution in [1.29, 1.82) is 0 Å². The van der Waals surface area contributed by atoms with Gasteiger partial charge in [-0.2, -0.15) is 0 Å². The summed E-state index contributed by atoms with van der Waals surface area (Å²) in [6, 6.07) is 15.1. The highest BCUT2D eigenvalue weighted by Gasteiger charge is 2.40. The van der Waals surface area contributed by atoms with E-state index < -0.39 is 6.29 Å². The molecule has 3 aliphatic rings. The van der Waals surface area contributed by atoms with Crippen LogP contribution in [-0.2, 0) is 30.2 Å². The number of ether oxygens (including phenoxy) is 4. The van der Waals surface area contributed by atoms with Crippen LogP contribution in [0.3, 0.4) is 0 Å². The number of hydrogen-bond acceptors (Lipinski definition) is 6. The summed E-state index contributed by atoms with van der Waals surface area (Å²) in [6.45, 7) is 4.86. The van der Waals surface area contributed by atoms with Crippen molar-refractivity contribution in [3.8, 4) is 11.1 Å². The largest absolute Gasteiger partial charge is 0.459 e. The lowest BCUT2D eigenvalue weighted by atomic mass is 9.78. The van der Waals surface area contributed by atoms with Gasteiger partial charge in [0.25, 0.3) is 5.91 Å². The number of benzene rings is 2. The van der Waals surface area contributed by atoms with Crippen LogP contribution in [0.5, 0.6) is 0 Å². The Labute approximate surface area is 225 Å². The van der Waals surface area contributed by atoms with E-state index in [-0.39, 0.29) is 24.3 Å². The third-order valence-corrected chi connectivity index (χ3v) is 7.64. The van der Waals surface area contributed by atoms with Crippen molar-refractivity contribution in [3.63, 3.8) is 0 Å². The average molecular weight is 522 g/mol. The van der Waals surface area contributed by atoms with Gasteiger partial charge in [-0.1, -0.05) is 42.5 Å². The minimum atomic E-state index is -0.550. The zero-order valence-corrected chi connectivity index (χ0v) is 22.2. The lowest BCUT2D eigenvalue weighted by Crippen LogP contribution is -2.40. The highest BCUT2D eigenvalue weighted by atomic mass is 16.7. The predicted molar refractivity (Wildman–Crippen MR) is 145 cm³/mol. The van der Waals surface area contributed by atoms with Crippen molar-refractivity contribution in [1.82, 2.24) is 5.32 Å². The second-order valence-corrected chi connectivity index (χ2v) is 10.3. The second kappa shape index (κ2) is 12.9. The smallest absolute Gasteiger partial charge is 0.286 e. The first-order chi connectivity index (χ1) is 18.7. The van der Waals surface area contributed by atoms with Gasteiger partial charge >= 0.3 is 0 Å². The van der Waals surface area contributed by atoms with Crippen molar-refractivity contribution in [2.75, 3.05) is 46.2 Å². The van der Waals surface area contributed by atoms with Crippen LogP contribution in [0.15, 0.2) is 54.3 Å². The fourth-order valence-electron chi connectivity index (χ4n) is 5.54. The van der Waals surface area contributed by atoms with Gasteiger partial charge in [-0.15, -0.1) is 0 Å². The Kier molecular flexibility index (Phi) is 9.12. The maximum Gasteiger partial charge on any atom is 0.286 e. The summed E-state index contributed by atoms with van der Waals surface area (Å²) in [7, 11) is 0. The molecule has 2 aromatic carbocycles. The van der Waals surface area contributed by atoms with Crippen LogP contribution in [-0.4, -0.2) is 63.5 Å². The molecule has 1 heterocycles. The minimum Gasteiger partial charge on any atom is -0.459 e. The summed E-state index contributed by atoms with van der Waals surface area (Å²) in [4.78, 5) is 13.1. The van der Waals surface area contributed by atoms with E-state index in [0.29, 0.717) is 57.7 Å². The lowest BCUT2D eigenvalue weighted by Gasteiger charge is -2.37. The Morgan fingerprint density at radius 3 is 2.61 bits per heavy atom. The number of fused-ring (bicyclic) bond motifs is 3. The maximum atomic E-state index is 13.1. The van der Waals surface area contributed by atoms with Gasteiger partial charge in [0.05, 0.1) is 26.4 Å². The van der Waals surface area contributed by atoms with E-state index in [2.05, 4.69) is 47.8 Å². The molecule has 0 aromatic heterocycles. The molecule has 1 fully saturated rings. The number of aliphatic hydroxyl groups excluding tert-OH is 1. The van der Waals surface area contributed by atoms with E-state index >= 15 is 0 Å². The fraction of sp³-hybridized carbons (Fsp3) is 0.516. The summed E-state index contributed by atoms with van der Waals surface area (Å²) < 4.78 is 23.5. The number of allylic oxidation sites excluding steroid dienone is 1. The molecule has 204 valence electrons. The van der Waals surface area contributed by atoms with E-state index in [1.165, 1.54) is 40.7 Å². The van der Waals surface area contributed by atoms with Crippen LogP contribution >= 0.6 is 0 Å². The number of hydrogen-bond donors (Lipinski definition) is 2. The normalized spacial score (nSPS) is 21.8. The first-order valence-electron chi connectivity index (χ1n) is 13.9. The lowest BCUT2D eigenvalue weighted by molar-refractivity contribution is -0.168. The van der Waals surface area contributed by atoms with Crippen molar-refractivity contribution in [3.05, 3.63) is 71.0 Å². The summed E-state index contributed by atoms with van der Waals surface area (Å²) in [5, 5.41) is 11.9. The molecule has 1 saturated carbocycles. The fourth-order valence-corrected chi connectivity index (χ4v) is 5.54. The number of carbonyl (C=O) groups is 1. The van der Waals surface area contributed by atoms with Gasteiger partial charge in [-0.3, -0.25) is 4.79 Å². The molecule has 5 rings (SSSR count). The zero-order chi connectivity index (χ0) is 26.3. The molecule has 0 unspecified atom stereocenters. The molecule has 1 aliphatic heterocycles. The van der Waals surface area contributed by atoms with Crippen LogP contribution in [0.2, 0.25) is 0 Å². The quantitative estimate of drug-likeness (QED) is 0.310. The molecule has 2 aromatic rings. The monoisotopic (exact) mass is 521 g/mol. The Morgan fingerprint density at radius 2 is 1.82 bits per heavy atom. The summed E-state index contributed by atoms with van der Waals surface area (Å²) in [5.41, 5.74) is 6.41. The highest BCUT2D eigenvalue weighted by molar-refractivity contribution is 5.92. The molecule has 3 atom stereocenters. The molecule has 0 bridgehead atoms. The van der Waals surface area contributed by atoms with E-state index in [4.69, 9.17) is 24.1 Å². The maximum absolute atomic E-state index is 13.1. The van der Waals surface area contributed by atoms with Crippen molar-refractivity contribution in [2.45, 2.75) is 44.8 Å². The summed E-state index contributed by atoms with van der Waals surface area (Å²) in [6.07, 6.45) is 5.39. The van der Waals surface area contributed by atoms with Gasteiger partial charge in [0.1, 0.15) is 0 Å². The highest BCUT2D eigenvalue weighted by Crippen LogP contribution is 2.45. The first kappa shape index (κ1) is 26.9. The molecule has 0 saturated heterocycles. The second-order valence-electron chi connectivity index (χ2n) is 10.3. The third-order valence-electron chi connectivity index (χ3n) is 7.64. The number of carbonyl (C=O) groups excluding carboxylic acids is 1. The van der Waals surface area contributed by atoms with Crippen molar-refractivity contribution < 1.29 is 28.8 Å². The van der Waals surface area contributed by atoms with E-state index in [9.17, 15) is 4.79 Å². The van der Waals surface area contributed by atoms with E-state index in [1.54, 1.807) is 0 Å². The standard InChI is InChI=1S/C31H39NO6/c1-2-37-31-26(12-14-35-16-17-36-15-13-33)28(19-29(38-31)30(34)32-20-21-10-11-21)25-9-5-8-24-23-7-4-3-6-22(23)18-27(24)25/h3-9,19,21,26,28,31,33H,2,10-18,20H2,1H3,(H,32,34)/t26-,28+,31+/m0/s1. The van der Waals surface area contributed by atoms with Gasteiger partial charge in [0, 0.05) is 31.6 Å². The summed E-state index contributed by atoms with van der Waals surface area (Å²) in [5.74, 6) is 0.683. The average Bonchev–Trinajstić information content (AvgIpc) is 3.69. The van der Waals surface area contributed by atoms with Crippen LogP contribution in [0.1, 0.15) is 48.8 Å². The molecule has 0 spiro atoms. The molecule has 2 N–H and O–H groups in total. The van der Waals surface area contributed by atoms with Gasteiger partial charge in [-0.25, -0.2) is 0 Å². The Hall–Kier alpha value is -2.71. The van der Waals surface area contributed by atoms with E-state index in [0.717, 1.165) is 6.42 Å². The molecular weight excluding hydrogens is 482 g/mol. The number of rotatable bonds is 14. The number of amides is 1. The van der Waals surface area contributed by atoms with Gasteiger partial charge in [-0.05, 0) is 72.4 Å². The van der Waals surface area contributed by atoms with Gasteiger partial charge < -0.3 is 29.4 Å². The molecule has 7 heteroatoms. The molecule has 0 radical (unpaired) electrons. The molecule has 7 nitrogen and oxygen atoms in total. The van der Waals surface area contributed by atoms with Gasteiger partial charge in [0.2, 0.25) is 6.29 Å². The SMILES string of the molecule is CCO[C@@H]1OC(C(=O)NCC2CC2)=C[C@H](c2cccc3c2Cc2ccccc2-3)[C@@H]1CCOCCOCCO. The van der Waals surface area contributed by atoms with Crippen LogP contribution < -0.4 is 5.32 Å². The first-order valence-corrected chi connectivity index (χ1v) is 13.9.